The smallest absolute Gasteiger partial charge is 0.105 e. The molecule has 13 heavy (non-hydrogen) atoms. The van der Waals surface area contributed by atoms with Gasteiger partial charge in [0.1, 0.15) is 5.54 Å². The maximum absolute atomic E-state index is 5.70. The molecule has 1 N–H and O–H groups in total. The van der Waals surface area contributed by atoms with E-state index in [9.17, 15) is 0 Å². The van der Waals surface area contributed by atoms with Crippen LogP contribution in [-0.2, 0) is 10.3 Å². The third-order valence-electron chi connectivity index (χ3n) is 2.26. The maximum atomic E-state index is 5.70. The minimum absolute atomic E-state index is 0.189. The molecule has 0 spiro atoms. The van der Waals surface area contributed by atoms with Gasteiger partial charge in [0.15, 0.2) is 0 Å². The first-order chi connectivity index (χ1) is 6.27. The van der Waals surface area contributed by atoms with E-state index in [1.807, 2.05) is 18.2 Å². The topological polar surface area (TPSA) is 21.3 Å². The van der Waals surface area contributed by atoms with Crippen molar-refractivity contribution in [2.45, 2.75) is 5.54 Å². The number of benzene rings is 1. The van der Waals surface area contributed by atoms with Crippen molar-refractivity contribution in [2.75, 3.05) is 13.2 Å². The summed E-state index contributed by atoms with van der Waals surface area (Å²) in [6, 6.07) is 8.08. The Labute approximate surface area is 90.5 Å². The molecule has 0 bridgehead atoms. The first-order valence-electron chi connectivity index (χ1n) is 3.98. The van der Waals surface area contributed by atoms with Crippen molar-refractivity contribution >= 4 is 27.7 Å². The highest BCUT2D eigenvalue weighted by atomic mass is 79.9. The molecule has 1 aromatic rings. The van der Waals surface area contributed by atoms with Crippen LogP contribution in [0, 0.1) is 0 Å². The van der Waals surface area contributed by atoms with Gasteiger partial charge >= 0.3 is 0 Å². The van der Waals surface area contributed by atoms with E-state index in [0.717, 1.165) is 10.0 Å². The molecule has 1 aliphatic rings. The van der Waals surface area contributed by atoms with E-state index in [0.29, 0.717) is 13.2 Å². The fourth-order valence-electron chi connectivity index (χ4n) is 1.37. The summed E-state index contributed by atoms with van der Waals surface area (Å²) in [7, 11) is 0. The largest absolute Gasteiger partial charge is 0.377 e. The van der Waals surface area contributed by atoms with Crippen molar-refractivity contribution in [2.24, 2.45) is 0 Å². The molecule has 4 heteroatoms. The van der Waals surface area contributed by atoms with Crippen LogP contribution in [0.2, 0.25) is 0 Å². The Morgan fingerprint density at radius 1 is 1.46 bits per heavy atom. The Hall–Kier alpha value is -0.0900. The summed E-state index contributed by atoms with van der Waals surface area (Å²) >= 11 is 9.13. The third-order valence-corrected chi connectivity index (χ3v) is 3.11. The van der Waals surface area contributed by atoms with Gasteiger partial charge in [-0.3, -0.25) is 0 Å². The summed E-state index contributed by atoms with van der Waals surface area (Å²) in [5.74, 6) is 0. The quantitative estimate of drug-likeness (QED) is 0.827. The molecule has 1 saturated heterocycles. The standard InChI is InChI=1S/C9H9BrClNO/c10-8-3-1-2-7(4-8)9(12-11)5-13-6-9/h1-4,12H,5-6H2. The molecule has 1 fully saturated rings. The van der Waals surface area contributed by atoms with Crippen LogP contribution < -0.4 is 4.84 Å². The molecule has 0 aromatic heterocycles. The van der Waals surface area contributed by atoms with E-state index >= 15 is 0 Å². The second-order valence-electron chi connectivity index (χ2n) is 3.18. The zero-order chi connectivity index (χ0) is 9.31. The fourth-order valence-corrected chi connectivity index (χ4v) is 1.99. The van der Waals surface area contributed by atoms with Gasteiger partial charge in [-0.1, -0.05) is 28.1 Å². The van der Waals surface area contributed by atoms with Gasteiger partial charge in [0.2, 0.25) is 0 Å². The summed E-state index contributed by atoms with van der Waals surface area (Å²) in [6.07, 6.45) is 0. The van der Waals surface area contributed by atoms with Crippen LogP contribution in [0.5, 0.6) is 0 Å². The zero-order valence-electron chi connectivity index (χ0n) is 6.89. The van der Waals surface area contributed by atoms with Crippen LogP contribution >= 0.6 is 27.7 Å². The van der Waals surface area contributed by atoms with E-state index in [1.165, 1.54) is 0 Å². The molecule has 1 heterocycles. The highest BCUT2D eigenvalue weighted by molar-refractivity contribution is 9.10. The normalized spacial score (nSPS) is 19.5. The molecular weight excluding hydrogens is 253 g/mol. The molecule has 2 rings (SSSR count). The minimum Gasteiger partial charge on any atom is -0.377 e. The molecule has 0 atom stereocenters. The number of halogens is 2. The summed E-state index contributed by atoms with van der Waals surface area (Å²) < 4.78 is 6.22. The van der Waals surface area contributed by atoms with Gasteiger partial charge in [-0.25, -0.2) is 4.84 Å². The third kappa shape index (κ3) is 1.62. The van der Waals surface area contributed by atoms with Crippen molar-refractivity contribution in [3.8, 4) is 0 Å². The van der Waals surface area contributed by atoms with Gasteiger partial charge in [0, 0.05) is 4.47 Å². The maximum Gasteiger partial charge on any atom is 0.105 e. The Morgan fingerprint density at radius 2 is 2.23 bits per heavy atom. The predicted octanol–water partition coefficient (Wildman–Crippen LogP) is 2.42. The second-order valence-corrected chi connectivity index (χ2v) is 4.28. The Kier molecular flexibility index (Phi) is 2.60. The van der Waals surface area contributed by atoms with E-state index in [2.05, 4.69) is 26.8 Å². The highest BCUT2D eigenvalue weighted by Gasteiger charge is 2.39. The molecule has 0 unspecified atom stereocenters. The first kappa shape index (κ1) is 9.46. The summed E-state index contributed by atoms with van der Waals surface area (Å²) in [5, 5.41) is 0. The number of hydrogen-bond acceptors (Lipinski definition) is 2. The molecule has 0 amide bonds. The van der Waals surface area contributed by atoms with Crippen LogP contribution in [0.1, 0.15) is 5.56 Å². The first-order valence-corrected chi connectivity index (χ1v) is 5.15. The lowest BCUT2D eigenvalue weighted by atomic mass is 9.89. The molecule has 2 nitrogen and oxygen atoms in total. The van der Waals surface area contributed by atoms with Crippen LogP contribution in [0.4, 0.5) is 0 Å². The second kappa shape index (κ2) is 3.58. The number of nitrogens with one attached hydrogen (secondary N) is 1. The fraction of sp³-hybridized carbons (Fsp3) is 0.333. The zero-order valence-corrected chi connectivity index (χ0v) is 9.23. The van der Waals surface area contributed by atoms with Crippen molar-refractivity contribution in [3.63, 3.8) is 0 Å². The number of rotatable bonds is 2. The Balaban J connectivity index is 2.33. The van der Waals surface area contributed by atoms with Crippen LogP contribution in [0.15, 0.2) is 28.7 Å². The van der Waals surface area contributed by atoms with Crippen molar-refractivity contribution in [3.05, 3.63) is 34.3 Å². The van der Waals surface area contributed by atoms with Crippen molar-refractivity contribution in [1.82, 2.24) is 4.84 Å². The summed E-state index contributed by atoms with van der Waals surface area (Å²) in [5.41, 5.74) is 0.967. The monoisotopic (exact) mass is 261 g/mol. The SMILES string of the molecule is ClNC1(c2cccc(Br)c2)COC1. The van der Waals surface area contributed by atoms with Crippen molar-refractivity contribution in [1.29, 1.82) is 0 Å². The van der Waals surface area contributed by atoms with Crippen LogP contribution in [0.25, 0.3) is 0 Å². The minimum atomic E-state index is -0.189. The van der Waals surface area contributed by atoms with E-state index in [4.69, 9.17) is 16.5 Å². The Morgan fingerprint density at radius 3 is 2.69 bits per heavy atom. The van der Waals surface area contributed by atoms with E-state index in [1.54, 1.807) is 0 Å². The van der Waals surface area contributed by atoms with Crippen molar-refractivity contribution < 1.29 is 4.74 Å². The van der Waals surface area contributed by atoms with E-state index < -0.39 is 0 Å². The summed E-state index contributed by atoms with van der Waals surface area (Å²) in [6.45, 7) is 1.26. The highest BCUT2D eigenvalue weighted by Crippen LogP contribution is 2.31. The Bertz CT molecular complexity index is 309. The van der Waals surface area contributed by atoms with Gasteiger partial charge in [-0.15, -0.1) is 0 Å². The average molecular weight is 263 g/mol. The van der Waals surface area contributed by atoms with Gasteiger partial charge in [-0.2, -0.15) is 0 Å². The molecule has 0 aliphatic carbocycles. The van der Waals surface area contributed by atoms with Crippen LogP contribution in [0.3, 0.4) is 0 Å². The van der Waals surface area contributed by atoms with Crippen LogP contribution in [-0.4, -0.2) is 13.2 Å². The van der Waals surface area contributed by atoms with Gasteiger partial charge < -0.3 is 4.74 Å². The number of ether oxygens (including phenoxy) is 1. The van der Waals surface area contributed by atoms with Gasteiger partial charge in [0.25, 0.3) is 0 Å². The summed E-state index contributed by atoms with van der Waals surface area (Å²) in [4.78, 5) is 2.78. The van der Waals surface area contributed by atoms with E-state index in [-0.39, 0.29) is 5.54 Å². The molecule has 0 radical (unpaired) electrons. The average Bonchev–Trinajstić information content (AvgIpc) is 2.03. The number of hydrogen-bond donors (Lipinski definition) is 1. The molecule has 1 aliphatic heterocycles. The molecule has 1 aromatic carbocycles. The molecular formula is C9H9BrClNO. The lowest BCUT2D eigenvalue weighted by Gasteiger charge is -2.40. The predicted molar refractivity (Wildman–Crippen MR) is 55.6 cm³/mol. The lowest BCUT2D eigenvalue weighted by Crippen LogP contribution is -2.54. The lowest BCUT2D eigenvalue weighted by molar-refractivity contribution is -0.0663. The van der Waals surface area contributed by atoms with Gasteiger partial charge in [0.05, 0.1) is 13.2 Å². The molecule has 0 saturated carbocycles. The van der Waals surface area contributed by atoms with Gasteiger partial charge in [-0.05, 0) is 29.5 Å². The molecule has 70 valence electrons.